The van der Waals surface area contributed by atoms with Crippen molar-refractivity contribution < 1.29 is 0 Å². The van der Waals surface area contributed by atoms with E-state index in [9.17, 15) is 0 Å². The molecule has 64 heavy (non-hydrogen) atoms. The molecule has 2 aliphatic rings. The van der Waals surface area contributed by atoms with Crippen molar-refractivity contribution in [1.29, 1.82) is 0 Å². The summed E-state index contributed by atoms with van der Waals surface area (Å²) in [5, 5.41) is 5.02. The minimum Gasteiger partial charge on any atom is -0.334 e. The van der Waals surface area contributed by atoms with Crippen molar-refractivity contribution in [2.45, 2.75) is 17.9 Å². The van der Waals surface area contributed by atoms with E-state index >= 15 is 0 Å². The van der Waals surface area contributed by atoms with E-state index in [1.165, 1.54) is 99.7 Å². The maximum atomic E-state index is 2.54. The van der Waals surface area contributed by atoms with Crippen LogP contribution in [0, 0.1) is 0 Å². The van der Waals surface area contributed by atoms with Crippen LogP contribution in [-0.4, -0.2) is 6.04 Å². The van der Waals surface area contributed by atoms with Gasteiger partial charge in [0.25, 0.3) is 0 Å². The second-order valence-corrected chi connectivity index (χ2v) is 17.1. The van der Waals surface area contributed by atoms with E-state index in [4.69, 9.17) is 0 Å². The fraction of sp³-hybridized carbons (Fsp3) is 0.0476. The fourth-order valence-electron chi connectivity index (χ4n) is 10.7. The Hall–Kier alpha value is -8.00. The van der Waals surface area contributed by atoms with Crippen molar-refractivity contribution in [2.75, 3.05) is 4.90 Å². The summed E-state index contributed by atoms with van der Waals surface area (Å²) in [4.78, 5) is 2.54. The highest BCUT2D eigenvalue weighted by Gasteiger charge is 2.46. The maximum absolute atomic E-state index is 2.54. The van der Waals surface area contributed by atoms with E-state index in [1.54, 1.807) is 0 Å². The molecule has 0 fully saturated rings. The minimum absolute atomic E-state index is 0.112. The van der Waals surface area contributed by atoms with Crippen molar-refractivity contribution in [3.63, 3.8) is 0 Å². The summed E-state index contributed by atoms with van der Waals surface area (Å²) in [5.74, 6) is 0. The largest absolute Gasteiger partial charge is 0.334 e. The molecule has 0 spiro atoms. The Morgan fingerprint density at radius 1 is 0.391 bits per heavy atom. The second kappa shape index (κ2) is 15.7. The van der Waals surface area contributed by atoms with Crippen molar-refractivity contribution >= 4 is 38.5 Å². The molecule has 1 nitrogen and oxygen atoms in total. The molecule has 302 valence electrons. The molecule has 0 bridgehead atoms. The highest BCUT2D eigenvalue weighted by atomic mass is 15.2. The average Bonchev–Trinajstić information content (AvgIpc) is 3.68. The van der Waals surface area contributed by atoms with Crippen LogP contribution < -0.4 is 4.90 Å². The van der Waals surface area contributed by atoms with Crippen LogP contribution in [0.1, 0.15) is 34.2 Å². The Labute approximate surface area is 375 Å². The first kappa shape index (κ1) is 37.7. The Bertz CT molecular complexity index is 3400. The first-order valence-electron chi connectivity index (χ1n) is 22.4. The van der Waals surface area contributed by atoms with Crippen molar-refractivity contribution in [3.8, 4) is 33.4 Å². The molecule has 10 aromatic carbocycles. The quantitative estimate of drug-likeness (QED) is 0.148. The minimum atomic E-state index is -0.501. The molecular weight excluding hydrogens is 771 g/mol. The topological polar surface area (TPSA) is 3.24 Å². The Morgan fingerprint density at radius 3 is 1.78 bits per heavy atom. The molecule has 0 heterocycles. The molecule has 2 atom stereocenters. The summed E-state index contributed by atoms with van der Waals surface area (Å²) in [7, 11) is 0. The summed E-state index contributed by atoms with van der Waals surface area (Å²) in [5.41, 5.74) is 17.1. The molecule has 12 rings (SSSR count). The van der Waals surface area contributed by atoms with Crippen LogP contribution in [0.15, 0.2) is 255 Å². The maximum Gasteiger partial charge on any atom is 0.0713 e. The van der Waals surface area contributed by atoms with Gasteiger partial charge in [-0.3, -0.25) is 0 Å². The SMILES string of the molecule is C1=CC(N(c2ccc(-c3cccc4ccccc34)cc2)c2cccc3ccccc23)CC=C1c1ccc2c(c1)C(c1ccccc1)(c1cccc(-c3ccccc3)c1)c1ccccc1-2. The van der Waals surface area contributed by atoms with Crippen molar-refractivity contribution in [3.05, 3.63) is 283 Å². The van der Waals surface area contributed by atoms with Gasteiger partial charge in [0.2, 0.25) is 0 Å². The molecule has 2 unspecified atom stereocenters. The third kappa shape index (κ3) is 6.23. The molecule has 0 aliphatic heterocycles. The number of allylic oxidation sites excluding steroid dienone is 2. The predicted molar refractivity (Wildman–Crippen MR) is 270 cm³/mol. The molecule has 2 aliphatic carbocycles. The molecule has 0 saturated heterocycles. The zero-order valence-electron chi connectivity index (χ0n) is 35.5. The van der Waals surface area contributed by atoms with Gasteiger partial charge in [-0.15, -0.1) is 0 Å². The van der Waals surface area contributed by atoms with Crippen LogP contribution in [0.5, 0.6) is 0 Å². The normalized spacial score (nSPS) is 16.3. The number of nitrogens with zero attached hydrogens (tertiary/aromatic N) is 1. The molecule has 0 N–H and O–H groups in total. The average molecular weight is 816 g/mol. The molecule has 0 aromatic heterocycles. The lowest BCUT2D eigenvalue weighted by Crippen LogP contribution is -2.30. The van der Waals surface area contributed by atoms with E-state index in [-0.39, 0.29) is 6.04 Å². The number of rotatable bonds is 8. The van der Waals surface area contributed by atoms with Gasteiger partial charge in [0.15, 0.2) is 0 Å². The van der Waals surface area contributed by atoms with Crippen LogP contribution in [0.2, 0.25) is 0 Å². The smallest absolute Gasteiger partial charge is 0.0713 e. The standard InChI is InChI=1S/C63H45N/c1-3-16-44(17-4-1)49-22-13-25-52(42-49)63(51-23-5-2-6-24-51)60-30-12-11-28-58(60)59-41-36-50(43-61(59)63)45-32-37-53(38-33-45)64(62-31-15-21-47-19-8-10-27-57(47)62)54-39-34-48(35-40-54)56-29-14-20-46-18-7-9-26-55(46)56/h1-37,39-43,53H,38H2. The molecule has 10 aromatic rings. The highest BCUT2D eigenvalue weighted by molar-refractivity contribution is 5.99. The highest BCUT2D eigenvalue weighted by Crippen LogP contribution is 2.57. The number of anilines is 2. The number of benzene rings is 10. The van der Waals surface area contributed by atoms with Gasteiger partial charge in [-0.2, -0.15) is 0 Å². The van der Waals surface area contributed by atoms with E-state index in [0.29, 0.717) is 0 Å². The lowest BCUT2D eigenvalue weighted by molar-refractivity contribution is 0.768. The fourth-order valence-corrected chi connectivity index (χ4v) is 10.7. The van der Waals surface area contributed by atoms with Crippen molar-refractivity contribution in [1.82, 2.24) is 0 Å². The Kier molecular flexibility index (Phi) is 9.27. The molecule has 0 saturated carbocycles. The Morgan fingerprint density at radius 2 is 0.984 bits per heavy atom. The predicted octanol–water partition coefficient (Wildman–Crippen LogP) is 16.2. The molecule has 0 amide bonds. The van der Waals surface area contributed by atoms with Gasteiger partial charge in [-0.1, -0.05) is 224 Å². The second-order valence-electron chi connectivity index (χ2n) is 17.1. The third-order valence-electron chi connectivity index (χ3n) is 13.7. The van der Waals surface area contributed by atoms with Gasteiger partial charge >= 0.3 is 0 Å². The Balaban J connectivity index is 0.951. The van der Waals surface area contributed by atoms with Gasteiger partial charge < -0.3 is 4.90 Å². The summed E-state index contributed by atoms with van der Waals surface area (Å²) < 4.78 is 0. The van der Waals surface area contributed by atoms with E-state index < -0.39 is 5.41 Å². The zero-order chi connectivity index (χ0) is 42.5. The summed E-state index contributed by atoms with van der Waals surface area (Å²) in [6.45, 7) is 0. The lowest BCUT2D eigenvalue weighted by atomic mass is 9.67. The van der Waals surface area contributed by atoms with E-state index in [0.717, 1.165) is 6.42 Å². The summed E-state index contributed by atoms with van der Waals surface area (Å²) >= 11 is 0. The summed E-state index contributed by atoms with van der Waals surface area (Å²) in [6, 6.07) is 87.4. The first-order valence-corrected chi connectivity index (χ1v) is 22.4. The lowest BCUT2D eigenvalue weighted by Gasteiger charge is -2.35. The third-order valence-corrected chi connectivity index (χ3v) is 13.7. The molecule has 0 radical (unpaired) electrons. The van der Waals surface area contributed by atoms with Crippen LogP contribution in [-0.2, 0) is 5.41 Å². The van der Waals surface area contributed by atoms with Crippen LogP contribution in [0.4, 0.5) is 11.4 Å². The molecular formula is C63H45N. The van der Waals surface area contributed by atoms with Gasteiger partial charge in [0.1, 0.15) is 0 Å². The number of fused-ring (bicyclic) bond motifs is 5. The summed E-state index contributed by atoms with van der Waals surface area (Å²) in [6.07, 6.45) is 8.10. The molecule has 1 heteroatoms. The number of hydrogen-bond acceptors (Lipinski definition) is 1. The number of hydrogen-bond donors (Lipinski definition) is 0. The van der Waals surface area contributed by atoms with Crippen LogP contribution in [0.3, 0.4) is 0 Å². The van der Waals surface area contributed by atoms with Crippen LogP contribution >= 0.6 is 0 Å². The van der Waals surface area contributed by atoms with Gasteiger partial charge in [-0.25, -0.2) is 0 Å². The first-order chi connectivity index (χ1) is 31.7. The van der Waals surface area contributed by atoms with Gasteiger partial charge in [0, 0.05) is 16.8 Å². The van der Waals surface area contributed by atoms with Crippen molar-refractivity contribution in [2.24, 2.45) is 0 Å². The van der Waals surface area contributed by atoms with Crippen LogP contribution in [0.25, 0.3) is 60.5 Å². The van der Waals surface area contributed by atoms with Gasteiger partial charge in [-0.05, 0) is 120 Å². The van der Waals surface area contributed by atoms with E-state index in [1.807, 2.05) is 0 Å². The zero-order valence-corrected chi connectivity index (χ0v) is 35.5. The van der Waals surface area contributed by atoms with Gasteiger partial charge in [0.05, 0.1) is 11.5 Å². The van der Waals surface area contributed by atoms with E-state index in [2.05, 4.69) is 260 Å². The monoisotopic (exact) mass is 815 g/mol.